The van der Waals surface area contributed by atoms with E-state index in [0.717, 1.165) is 0 Å². The summed E-state index contributed by atoms with van der Waals surface area (Å²) in [5.41, 5.74) is 1.74. The number of rotatable bonds is 6. The minimum Gasteiger partial charge on any atom is -0.441 e. The first-order chi connectivity index (χ1) is 14.5. The number of cyclic esters (lactones) is 1. The van der Waals surface area contributed by atoms with Crippen LogP contribution in [0.15, 0.2) is 43.1 Å². The van der Waals surface area contributed by atoms with Crippen molar-refractivity contribution in [2.45, 2.75) is 25.6 Å². The number of carbonyl (C=O) groups excluding carboxylic acids is 1. The number of pyridine rings is 1. The molecule has 154 valence electrons. The van der Waals surface area contributed by atoms with Crippen molar-refractivity contribution in [2.75, 3.05) is 11.4 Å². The van der Waals surface area contributed by atoms with Crippen LogP contribution in [0.25, 0.3) is 28.8 Å². The van der Waals surface area contributed by atoms with E-state index in [-0.39, 0.29) is 6.54 Å². The molecule has 1 N–H and O–H groups in total. The SMILES string of the molecule is C=Cn1nnc(-c2ccc(-c3ccc(N4CC(C(O)CC)OC4=O)cc3F)cn2)n1. The Balaban J connectivity index is 1.55. The Kier molecular flexibility index (Phi) is 5.23. The van der Waals surface area contributed by atoms with E-state index in [2.05, 4.69) is 27.0 Å². The topological polar surface area (TPSA) is 106 Å². The fourth-order valence-electron chi connectivity index (χ4n) is 3.16. The van der Waals surface area contributed by atoms with Gasteiger partial charge in [-0.05, 0) is 35.9 Å². The number of hydrogen-bond acceptors (Lipinski definition) is 7. The highest BCUT2D eigenvalue weighted by atomic mass is 19.1. The van der Waals surface area contributed by atoms with Crippen LogP contribution >= 0.6 is 0 Å². The van der Waals surface area contributed by atoms with Gasteiger partial charge in [0.25, 0.3) is 0 Å². The number of aromatic nitrogens is 5. The summed E-state index contributed by atoms with van der Waals surface area (Å²) in [4.78, 5) is 18.9. The Morgan fingerprint density at radius 1 is 1.40 bits per heavy atom. The first-order valence-electron chi connectivity index (χ1n) is 9.34. The minimum absolute atomic E-state index is 0.168. The molecule has 0 spiro atoms. The molecule has 3 aromatic rings. The van der Waals surface area contributed by atoms with Crippen molar-refractivity contribution >= 4 is 18.0 Å². The zero-order valence-corrected chi connectivity index (χ0v) is 16.1. The lowest BCUT2D eigenvalue weighted by atomic mass is 10.1. The second kappa shape index (κ2) is 7.99. The first kappa shape index (κ1) is 19.6. The van der Waals surface area contributed by atoms with Crippen LogP contribution in [-0.4, -0.2) is 55.1 Å². The van der Waals surface area contributed by atoms with Gasteiger partial charge >= 0.3 is 6.09 Å². The molecule has 1 saturated heterocycles. The van der Waals surface area contributed by atoms with E-state index in [1.54, 1.807) is 31.2 Å². The van der Waals surface area contributed by atoms with Gasteiger partial charge < -0.3 is 9.84 Å². The lowest BCUT2D eigenvalue weighted by Crippen LogP contribution is -2.30. The van der Waals surface area contributed by atoms with E-state index in [1.165, 1.54) is 28.2 Å². The summed E-state index contributed by atoms with van der Waals surface area (Å²) in [7, 11) is 0. The number of nitrogens with zero attached hydrogens (tertiary/aromatic N) is 6. The predicted molar refractivity (Wildman–Crippen MR) is 107 cm³/mol. The quantitative estimate of drug-likeness (QED) is 0.666. The van der Waals surface area contributed by atoms with E-state index in [4.69, 9.17) is 4.74 Å². The smallest absolute Gasteiger partial charge is 0.414 e. The van der Waals surface area contributed by atoms with E-state index >= 15 is 0 Å². The Bertz CT molecular complexity index is 1080. The van der Waals surface area contributed by atoms with Gasteiger partial charge in [-0.15, -0.1) is 15.0 Å². The number of tetrazole rings is 1. The number of aliphatic hydroxyl groups is 1. The molecular weight excluding hydrogens is 391 g/mol. The highest BCUT2D eigenvalue weighted by Crippen LogP contribution is 2.30. The van der Waals surface area contributed by atoms with Crippen molar-refractivity contribution in [3.8, 4) is 22.6 Å². The van der Waals surface area contributed by atoms with Crippen LogP contribution in [0.3, 0.4) is 0 Å². The highest BCUT2D eigenvalue weighted by molar-refractivity contribution is 5.90. The summed E-state index contributed by atoms with van der Waals surface area (Å²) < 4.78 is 20.0. The molecule has 2 atom stereocenters. The molecule has 0 saturated carbocycles. The van der Waals surface area contributed by atoms with Crippen molar-refractivity contribution in [1.82, 2.24) is 25.2 Å². The molecule has 1 aliphatic heterocycles. The number of ether oxygens (including phenoxy) is 1. The molecule has 4 rings (SSSR count). The maximum absolute atomic E-state index is 14.8. The zero-order valence-electron chi connectivity index (χ0n) is 16.1. The van der Waals surface area contributed by atoms with E-state index < -0.39 is 24.1 Å². The number of anilines is 1. The maximum Gasteiger partial charge on any atom is 0.414 e. The summed E-state index contributed by atoms with van der Waals surface area (Å²) in [5, 5.41) is 21.6. The Hall–Kier alpha value is -3.66. The van der Waals surface area contributed by atoms with Crippen molar-refractivity contribution in [2.24, 2.45) is 0 Å². The standard InChI is InChI=1S/C20H19FN6O3/c1-3-17(28)18-11-26(20(29)30-18)13-6-7-14(15(21)9-13)12-5-8-16(22-10-12)19-23-25-27(4-2)24-19/h4-10,17-18,28H,2-3,11H2,1H3. The number of hydrogen-bond donors (Lipinski definition) is 1. The summed E-state index contributed by atoms with van der Waals surface area (Å²) in [6.45, 7) is 5.52. The number of carbonyl (C=O) groups is 1. The third-order valence-corrected chi connectivity index (χ3v) is 4.84. The van der Waals surface area contributed by atoms with Crippen molar-refractivity contribution in [3.63, 3.8) is 0 Å². The largest absolute Gasteiger partial charge is 0.441 e. The highest BCUT2D eigenvalue weighted by Gasteiger charge is 2.36. The van der Waals surface area contributed by atoms with Gasteiger partial charge in [-0.1, -0.05) is 19.6 Å². The van der Waals surface area contributed by atoms with Crippen LogP contribution in [-0.2, 0) is 4.74 Å². The molecule has 0 radical (unpaired) electrons. The van der Waals surface area contributed by atoms with Gasteiger partial charge in [0.1, 0.15) is 17.6 Å². The van der Waals surface area contributed by atoms with Gasteiger partial charge in [0, 0.05) is 23.5 Å². The molecule has 30 heavy (non-hydrogen) atoms. The molecule has 9 nitrogen and oxygen atoms in total. The van der Waals surface area contributed by atoms with Crippen LogP contribution in [0.5, 0.6) is 0 Å². The number of halogens is 1. The summed E-state index contributed by atoms with van der Waals surface area (Å²) in [5.74, 6) is -0.182. The van der Waals surface area contributed by atoms with Gasteiger partial charge in [0.2, 0.25) is 5.82 Å². The third-order valence-electron chi connectivity index (χ3n) is 4.84. The monoisotopic (exact) mass is 410 g/mol. The van der Waals surface area contributed by atoms with Gasteiger partial charge in [-0.3, -0.25) is 9.88 Å². The third kappa shape index (κ3) is 3.64. The molecule has 0 aliphatic carbocycles. The van der Waals surface area contributed by atoms with Crippen molar-refractivity contribution in [3.05, 3.63) is 48.9 Å². The number of aliphatic hydroxyl groups excluding tert-OH is 1. The second-order valence-corrected chi connectivity index (χ2v) is 6.72. The fourth-order valence-corrected chi connectivity index (χ4v) is 3.16. The normalized spacial score (nSPS) is 17.1. The molecule has 2 aromatic heterocycles. The van der Waals surface area contributed by atoms with Crippen LogP contribution in [0.4, 0.5) is 14.9 Å². The van der Waals surface area contributed by atoms with Gasteiger partial charge in [0.05, 0.1) is 18.3 Å². The van der Waals surface area contributed by atoms with Gasteiger partial charge in [-0.2, -0.15) is 0 Å². The lowest BCUT2D eigenvalue weighted by molar-refractivity contribution is 0.0308. The molecule has 0 bridgehead atoms. The van der Waals surface area contributed by atoms with E-state index in [0.29, 0.717) is 34.8 Å². The van der Waals surface area contributed by atoms with Gasteiger partial charge in [-0.25, -0.2) is 9.18 Å². The number of amides is 1. The average Bonchev–Trinajstić information content (AvgIpc) is 3.40. The molecular formula is C20H19FN6O3. The van der Waals surface area contributed by atoms with Gasteiger partial charge in [0.15, 0.2) is 0 Å². The number of benzene rings is 1. The summed E-state index contributed by atoms with van der Waals surface area (Å²) in [6.07, 6.45) is 1.39. The van der Waals surface area contributed by atoms with E-state index in [1.807, 2.05) is 0 Å². The minimum atomic E-state index is -0.754. The molecule has 3 heterocycles. The summed E-state index contributed by atoms with van der Waals surface area (Å²) >= 11 is 0. The van der Waals surface area contributed by atoms with Crippen LogP contribution in [0.1, 0.15) is 13.3 Å². The lowest BCUT2D eigenvalue weighted by Gasteiger charge is -2.16. The second-order valence-electron chi connectivity index (χ2n) is 6.72. The summed E-state index contributed by atoms with van der Waals surface area (Å²) in [6, 6.07) is 7.84. The van der Waals surface area contributed by atoms with Crippen molar-refractivity contribution in [1.29, 1.82) is 0 Å². The molecule has 2 unspecified atom stereocenters. The molecule has 1 amide bonds. The fraction of sp³-hybridized carbons (Fsp3) is 0.250. The zero-order chi connectivity index (χ0) is 21.3. The van der Waals surface area contributed by atoms with E-state index in [9.17, 15) is 14.3 Å². The Morgan fingerprint density at radius 3 is 2.87 bits per heavy atom. The average molecular weight is 410 g/mol. The Morgan fingerprint density at radius 2 is 2.23 bits per heavy atom. The molecule has 1 fully saturated rings. The van der Waals surface area contributed by atoms with Crippen LogP contribution < -0.4 is 4.90 Å². The molecule has 1 aliphatic rings. The molecule has 10 heteroatoms. The van der Waals surface area contributed by atoms with Crippen LogP contribution in [0.2, 0.25) is 0 Å². The molecule has 1 aromatic carbocycles. The van der Waals surface area contributed by atoms with Crippen LogP contribution in [0, 0.1) is 5.82 Å². The predicted octanol–water partition coefficient (Wildman–Crippen LogP) is 2.74. The maximum atomic E-state index is 14.8. The van der Waals surface area contributed by atoms with Crippen molar-refractivity contribution < 1.29 is 19.0 Å². The first-order valence-corrected chi connectivity index (χ1v) is 9.34. The Labute approximate surface area is 171 Å².